The zero-order valence-electron chi connectivity index (χ0n) is 24.1. The summed E-state index contributed by atoms with van der Waals surface area (Å²) in [6.07, 6.45) is 0.649. The molecule has 1 aliphatic rings. The summed E-state index contributed by atoms with van der Waals surface area (Å²) in [7, 11) is 2.28. The molecule has 0 spiro atoms. The van der Waals surface area contributed by atoms with E-state index >= 15 is 0 Å². The third-order valence-corrected chi connectivity index (χ3v) is 8.29. The smallest absolute Gasteiger partial charge is 0.493 e. The number of ether oxygens (including phenoxy) is 3. The zero-order chi connectivity index (χ0) is 29.0. The summed E-state index contributed by atoms with van der Waals surface area (Å²) in [5.41, 5.74) is 2.01. The van der Waals surface area contributed by atoms with Crippen molar-refractivity contribution in [2.75, 3.05) is 46.6 Å². The van der Waals surface area contributed by atoms with Gasteiger partial charge in [0, 0.05) is 7.05 Å². The molecule has 1 fully saturated rings. The normalized spacial score (nSPS) is 16.3. The molecule has 1 aliphatic heterocycles. The Morgan fingerprint density at radius 1 is 1.23 bits per heavy atom. The van der Waals surface area contributed by atoms with Gasteiger partial charge in [0.1, 0.15) is 28.1 Å². The molecule has 1 saturated heterocycles. The topological polar surface area (TPSA) is 129 Å². The number of quaternary nitrogens is 1. The zero-order valence-corrected chi connectivity index (χ0v) is 24.9. The van der Waals surface area contributed by atoms with Crippen molar-refractivity contribution in [2.45, 2.75) is 51.5 Å². The van der Waals surface area contributed by atoms with Crippen LogP contribution in [0.2, 0.25) is 0 Å². The van der Waals surface area contributed by atoms with Gasteiger partial charge in [-0.05, 0) is 45.4 Å². The summed E-state index contributed by atoms with van der Waals surface area (Å²) in [5, 5.41) is 4.50. The number of likely N-dealkylation sites (N-methyl/N-ethyl adjacent to an activating group) is 1. The SMILES string of the molecule is CCCc1nn(C)c2c(=O)[nH]c(-c3cc(S(=O)N4CC[N+](C)(COC(=O)OC(C)C)CC4)ccc3OCC)nc12. The Balaban J connectivity index is 1.57. The molecule has 1 unspecified atom stereocenters. The first-order valence-corrected chi connectivity index (χ1v) is 14.7. The molecule has 0 bridgehead atoms. The van der Waals surface area contributed by atoms with Crippen LogP contribution >= 0.6 is 0 Å². The summed E-state index contributed by atoms with van der Waals surface area (Å²) in [6, 6.07) is 5.32. The maximum Gasteiger partial charge on any atom is 0.512 e. The number of hydrogen-bond acceptors (Lipinski definition) is 8. The van der Waals surface area contributed by atoms with Crippen LogP contribution in [-0.4, -0.2) is 91.6 Å². The molecular formula is C27H39N6O6S+. The monoisotopic (exact) mass is 575 g/mol. The number of aryl methyl sites for hydroxylation is 2. The summed E-state index contributed by atoms with van der Waals surface area (Å²) in [4.78, 5) is 33.1. The minimum Gasteiger partial charge on any atom is -0.493 e. The predicted molar refractivity (Wildman–Crippen MR) is 151 cm³/mol. The summed E-state index contributed by atoms with van der Waals surface area (Å²) < 4.78 is 33.8. The highest BCUT2D eigenvalue weighted by Crippen LogP contribution is 2.31. The number of rotatable bonds is 10. The second-order valence-electron chi connectivity index (χ2n) is 10.5. The Hall–Kier alpha value is -3.29. The molecule has 0 amide bonds. The van der Waals surface area contributed by atoms with Crippen LogP contribution in [0, 0.1) is 0 Å². The van der Waals surface area contributed by atoms with Crippen LogP contribution in [-0.2, 0) is 33.9 Å². The molecule has 3 heterocycles. The first kappa shape index (κ1) is 29.7. The molecule has 12 nitrogen and oxygen atoms in total. The van der Waals surface area contributed by atoms with Crippen molar-refractivity contribution in [2.24, 2.45) is 7.05 Å². The molecule has 3 aromatic rings. The van der Waals surface area contributed by atoms with E-state index in [9.17, 15) is 13.8 Å². The van der Waals surface area contributed by atoms with Gasteiger partial charge in [-0.25, -0.2) is 18.3 Å². The van der Waals surface area contributed by atoms with E-state index in [2.05, 4.69) is 17.0 Å². The molecule has 13 heteroatoms. The van der Waals surface area contributed by atoms with Crippen molar-refractivity contribution >= 4 is 28.2 Å². The van der Waals surface area contributed by atoms with Crippen molar-refractivity contribution in [3.63, 3.8) is 0 Å². The molecule has 1 aromatic carbocycles. The molecule has 1 N–H and O–H groups in total. The number of hydrogen-bond donors (Lipinski definition) is 1. The standard InChI is InChI=1S/C27H38N6O6S/c1-7-9-21-23-24(31(5)30-21)26(34)29-25(28-23)20-16-19(10-11-22(20)37-8-2)40(36)32-12-14-33(6,15-13-32)17-38-27(35)39-18(3)4/h10-11,16,18H,7-9,12-15,17H2,1-6H3/p+1. The average Bonchev–Trinajstić information content (AvgIpc) is 3.23. The number of nitrogens with one attached hydrogen (secondary N) is 1. The van der Waals surface area contributed by atoms with E-state index in [0.29, 0.717) is 76.8 Å². The van der Waals surface area contributed by atoms with Gasteiger partial charge in [0.25, 0.3) is 5.56 Å². The maximum absolute atomic E-state index is 13.7. The third kappa shape index (κ3) is 6.53. The van der Waals surface area contributed by atoms with Crippen LogP contribution in [0.1, 0.15) is 39.8 Å². The van der Waals surface area contributed by atoms with E-state index in [1.54, 1.807) is 43.8 Å². The quantitative estimate of drug-likeness (QED) is 0.289. The van der Waals surface area contributed by atoms with Gasteiger partial charge in [0.2, 0.25) is 6.73 Å². The van der Waals surface area contributed by atoms with Crippen LogP contribution < -0.4 is 10.3 Å². The number of H-pyrrole nitrogens is 1. The minimum atomic E-state index is -1.46. The molecule has 4 rings (SSSR count). The van der Waals surface area contributed by atoms with E-state index in [4.69, 9.17) is 19.2 Å². The highest BCUT2D eigenvalue weighted by molar-refractivity contribution is 7.82. The number of carbonyl (C=O) groups is 1. The van der Waals surface area contributed by atoms with Gasteiger partial charge in [0.05, 0.1) is 62.1 Å². The molecule has 0 saturated carbocycles. The van der Waals surface area contributed by atoms with Crippen LogP contribution in [0.15, 0.2) is 27.9 Å². The van der Waals surface area contributed by atoms with Crippen LogP contribution in [0.25, 0.3) is 22.4 Å². The predicted octanol–water partition coefficient (Wildman–Crippen LogP) is 2.98. The molecule has 0 radical (unpaired) electrons. The van der Waals surface area contributed by atoms with E-state index in [-0.39, 0.29) is 18.4 Å². The van der Waals surface area contributed by atoms with Crippen LogP contribution in [0.5, 0.6) is 5.75 Å². The highest BCUT2D eigenvalue weighted by Gasteiger charge is 2.33. The van der Waals surface area contributed by atoms with E-state index in [0.717, 1.165) is 12.1 Å². The molecular weight excluding hydrogens is 536 g/mol. The molecule has 0 aliphatic carbocycles. The summed E-state index contributed by atoms with van der Waals surface area (Å²) >= 11 is 0. The third-order valence-electron chi connectivity index (χ3n) is 6.80. The number of nitrogens with zero attached hydrogens (tertiary/aromatic N) is 5. The lowest BCUT2D eigenvalue weighted by Crippen LogP contribution is -2.58. The van der Waals surface area contributed by atoms with E-state index < -0.39 is 17.1 Å². The lowest BCUT2D eigenvalue weighted by molar-refractivity contribution is -0.928. The van der Waals surface area contributed by atoms with Gasteiger partial charge in [-0.3, -0.25) is 14.0 Å². The highest BCUT2D eigenvalue weighted by atomic mass is 32.2. The van der Waals surface area contributed by atoms with Crippen molar-refractivity contribution in [1.29, 1.82) is 0 Å². The molecule has 1 atom stereocenters. The maximum atomic E-state index is 13.7. The van der Waals surface area contributed by atoms with Gasteiger partial charge < -0.3 is 19.2 Å². The van der Waals surface area contributed by atoms with Crippen molar-refractivity contribution in [3.8, 4) is 17.1 Å². The molecule has 2 aromatic heterocycles. The number of aromatic amines is 1. The van der Waals surface area contributed by atoms with E-state index in [1.165, 1.54) is 0 Å². The first-order valence-electron chi connectivity index (χ1n) is 13.6. The fourth-order valence-electron chi connectivity index (χ4n) is 4.67. The largest absolute Gasteiger partial charge is 0.512 e. The second-order valence-corrected chi connectivity index (χ2v) is 11.9. The summed E-state index contributed by atoms with van der Waals surface area (Å²) in [5.74, 6) is 0.887. The van der Waals surface area contributed by atoms with Gasteiger partial charge in [-0.15, -0.1) is 0 Å². The number of piperazine rings is 1. The van der Waals surface area contributed by atoms with Gasteiger partial charge in [0.15, 0.2) is 5.52 Å². The Morgan fingerprint density at radius 3 is 2.60 bits per heavy atom. The van der Waals surface area contributed by atoms with Gasteiger partial charge in [-0.2, -0.15) is 5.10 Å². The van der Waals surface area contributed by atoms with Gasteiger partial charge >= 0.3 is 6.16 Å². The molecule has 40 heavy (non-hydrogen) atoms. The van der Waals surface area contributed by atoms with Gasteiger partial charge in [-0.1, -0.05) is 13.3 Å². The fourth-order valence-corrected chi connectivity index (χ4v) is 5.87. The van der Waals surface area contributed by atoms with Crippen molar-refractivity contribution < 1.29 is 27.7 Å². The number of benzene rings is 1. The Kier molecular flexibility index (Phi) is 9.26. The number of carbonyl (C=O) groups excluding carboxylic acids is 1. The number of aromatic nitrogens is 4. The Morgan fingerprint density at radius 2 is 1.95 bits per heavy atom. The van der Waals surface area contributed by atoms with Crippen LogP contribution in [0.3, 0.4) is 0 Å². The first-order chi connectivity index (χ1) is 19.0. The van der Waals surface area contributed by atoms with E-state index in [1.807, 2.05) is 18.3 Å². The lowest BCUT2D eigenvalue weighted by atomic mass is 10.1. The molecule has 218 valence electrons. The summed E-state index contributed by atoms with van der Waals surface area (Å²) in [6.45, 7) is 10.5. The number of fused-ring (bicyclic) bond motifs is 1. The van der Waals surface area contributed by atoms with Crippen LogP contribution in [0.4, 0.5) is 4.79 Å². The fraction of sp³-hybridized carbons (Fsp3) is 0.556. The lowest BCUT2D eigenvalue weighted by Gasteiger charge is -2.40. The van der Waals surface area contributed by atoms with Crippen molar-refractivity contribution in [1.82, 2.24) is 24.1 Å². The minimum absolute atomic E-state index is 0.190. The average molecular weight is 576 g/mol. The second kappa shape index (κ2) is 12.5. The Bertz CT molecular complexity index is 1440. The van der Waals surface area contributed by atoms with Crippen molar-refractivity contribution in [3.05, 3.63) is 34.2 Å². The Labute approximate surface area is 236 Å².